The number of fused-ring (bicyclic) bond motifs is 4. The monoisotopic (exact) mass is 733 g/mol. The van der Waals surface area contributed by atoms with Gasteiger partial charge in [-0.2, -0.15) is 5.01 Å². The van der Waals surface area contributed by atoms with Crippen LogP contribution in [-0.4, -0.2) is 70.5 Å². The number of hydrazine groups is 1. The standard InChI is InChI=1S/C37H33Cl2N3O9/c1-50-20-6-3-18(4-7-20)37-26(34(47)42(36(37)49)40-28-11-5-19(38)15-27(28)39)17-24-22(32(37)25-16-21(51-2)8-12-29(25)43)9-10-23-31(24)35(48)41(33(23)46)14-13-30(44)45/h3-9,11-12,15-16,23-24,26,31-32,40,43H,10,13-14,17H2,1-2H3,(H,44,45)/t23-,24+,26-,31-,32+,37+/m0/s1. The third-order valence-electron chi connectivity index (χ3n) is 10.8. The zero-order chi connectivity index (χ0) is 36.4. The highest BCUT2D eigenvalue weighted by molar-refractivity contribution is 6.36. The molecule has 0 bridgehead atoms. The minimum atomic E-state index is -1.68. The number of likely N-dealkylation sites (tertiary alicyclic amines) is 1. The summed E-state index contributed by atoms with van der Waals surface area (Å²) in [6.45, 7) is -0.279. The van der Waals surface area contributed by atoms with Crippen LogP contribution in [0.3, 0.4) is 0 Å². The topological polar surface area (TPSA) is 163 Å². The van der Waals surface area contributed by atoms with Crippen LogP contribution in [0, 0.1) is 23.7 Å². The molecule has 2 aliphatic carbocycles. The van der Waals surface area contributed by atoms with Crippen molar-refractivity contribution in [2.24, 2.45) is 23.7 Å². The van der Waals surface area contributed by atoms with Crippen molar-refractivity contribution in [2.45, 2.75) is 30.6 Å². The van der Waals surface area contributed by atoms with Crippen molar-refractivity contribution in [1.82, 2.24) is 9.91 Å². The molecule has 1 saturated carbocycles. The Morgan fingerprint density at radius 1 is 0.922 bits per heavy atom. The summed E-state index contributed by atoms with van der Waals surface area (Å²) in [5.74, 6) is -7.17. The van der Waals surface area contributed by atoms with E-state index in [0.717, 1.165) is 9.91 Å². The number of aromatic hydroxyl groups is 1. The predicted octanol–water partition coefficient (Wildman–Crippen LogP) is 5.18. The van der Waals surface area contributed by atoms with Gasteiger partial charge in [-0.05, 0) is 72.9 Å². The fraction of sp³-hybridized carbons (Fsp3) is 0.324. The molecule has 2 heterocycles. The van der Waals surface area contributed by atoms with Crippen LogP contribution in [0.5, 0.6) is 17.2 Å². The van der Waals surface area contributed by atoms with E-state index in [1.54, 1.807) is 48.5 Å². The molecule has 3 aromatic carbocycles. The number of rotatable bonds is 9. The lowest BCUT2D eigenvalue weighted by Crippen LogP contribution is -2.53. The summed E-state index contributed by atoms with van der Waals surface area (Å²) in [6.07, 6.45) is 1.57. The van der Waals surface area contributed by atoms with E-state index in [-0.39, 0.29) is 41.4 Å². The molecule has 4 aliphatic rings. The van der Waals surface area contributed by atoms with Crippen LogP contribution in [0.15, 0.2) is 72.3 Å². The number of nitrogens with zero attached hydrogens (tertiary/aromatic N) is 2. The largest absolute Gasteiger partial charge is 0.508 e. The van der Waals surface area contributed by atoms with E-state index < -0.39 is 71.0 Å². The van der Waals surface area contributed by atoms with E-state index in [4.69, 9.17) is 32.7 Å². The van der Waals surface area contributed by atoms with Crippen LogP contribution in [0.1, 0.15) is 36.3 Å². The molecule has 3 aromatic rings. The smallest absolute Gasteiger partial charge is 0.305 e. The molecular formula is C37H33Cl2N3O9. The Labute approximate surface area is 302 Å². The number of amides is 4. The van der Waals surface area contributed by atoms with Gasteiger partial charge in [0.05, 0.1) is 54.5 Å². The number of hydrogen-bond acceptors (Lipinski definition) is 9. The normalized spacial score (nSPS) is 26.7. The molecule has 2 aliphatic heterocycles. The van der Waals surface area contributed by atoms with Gasteiger partial charge in [0.1, 0.15) is 17.2 Å². The van der Waals surface area contributed by atoms with Crippen LogP contribution >= 0.6 is 23.2 Å². The number of benzene rings is 3. The van der Waals surface area contributed by atoms with Gasteiger partial charge in [-0.15, -0.1) is 0 Å². The Morgan fingerprint density at radius 3 is 2.29 bits per heavy atom. The van der Waals surface area contributed by atoms with Gasteiger partial charge in [-0.25, -0.2) is 0 Å². The minimum absolute atomic E-state index is 0.00313. The summed E-state index contributed by atoms with van der Waals surface area (Å²) in [5.41, 5.74) is 2.85. The van der Waals surface area contributed by atoms with E-state index >= 15 is 4.79 Å². The number of allylic oxidation sites excluding steroid dienone is 2. The number of methoxy groups -OCH3 is 2. The van der Waals surface area contributed by atoms with E-state index in [1.165, 1.54) is 26.4 Å². The molecule has 14 heteroatoms. The molecule has 0 spiro atoms. The number of carbonyl (C=O) groups excluding carboxylic acids is 4. The van der Waals surface area contributed by atoms with Gasteiger partial charge < -0.3 is 19.7 Å². The molecule has 6 atom stereocenters. The van der Waals surface area contributed by atoms with Crippen LogP contribution in [-0.2, 0) is 29.4 Å². The second kappa shape index (κ2) is 12.9. The molecule has 3 fully saturated rings. The first-order valence-corrected chi connectivity index (χ1v) is 17.1. The molecule has 0 aromatic heterocycles. The van der Waals surface area contributed by atoms with Crippen LogP contribution < -0.4 is 14.9 Å². The number of phenolic OH excluding ortho intramolecular Hbond substituents is 1. The highest BCUT2D eigenvalue weighted by Gasteiger charge is 2.70. The number of aliphatic carboxylic acids is 1. The maximum atomic E-state index is 15.3. The lowest BCUT2D eigenvalue weighted by atomic mass is 9.49. The Kier molecular flexibility index (Phi) is 8.71. The number of carbonyl (C=O) groups is 5. The van der Waals surface area contributed by atoms with Gasteiger partial charge in [-0.1, -0.05) is 47.0 Å². The second-order valence-electron chi connectivity index (χ2n) is 13.1. The van der Waals surface area contributed by atoms with Gasteiger partial charge in [0.25, 0.3) is 11.8 Å². The number of carboxylic acid groups (broad SMARTS) is 1. The van der Waals surface area contributed by atoms with Crippen molar-refractivity contribution in [1.29, 1.82) is 0 Å². The fourth-order valence-electron chi connectivity index (χ4n) is 8.57. The zero-order valence-electron chi connectivity index (χ0n) is 27.5. The van der Waals surface area contributed by atoms with Crippen molar-refractivity contribution >= 4 is 58.5 Å². The predicted molar refractivity (Wildman–Crippen MR) is 184 cm³/mol. The summed E-state index contributed by atoms with van der Waals surface area (Å²) in [6, 6.07) is 16.0. The van der Waals surface area contributed by atoms with Crippen molar-refractivity contribution in [2.75, 3.05) is 26.2 Å². The first-order chi connectivity index (χ1) is 24.4. The van der Waals surface area contributed by atoms with Gasteiger partial charge in [0.2, 0.25) is 11.8 Å². The Bertz CT molecular complexity index is 2020. The van der Waals surface area contributed by atoms with Crippen molar-refractivity contribution in [3.8, 4) is 17.2 Å². The number of ether oxygens (including phenoxy) is 2. The van der Waals surface area contributed by atoms with E-state index in [2.05, 4.69) is 5.43 Å². The molecule has 12 nitrogen and oxygen atoms in total. The third-order valence-corrected chi connectivity index (χ3v) is 11.3. The Balaban J connectivity index is 1.45. The number of hydrogen-bond donors (Lipinski definition) is 3. The Morgan fingerprint density at radius 2 is 1.63 bits per heavy atom. The number of anilines is 1. The SMILES string of the molecule is COc1ccc([C@@]23C(=O)N(Nc4ccc(Cl)cc4Cl)C(=O)[C@@H]2C[C@@H]2C(=CC[C@@H]4C(=O)N(CCC(=O)O)C(=O)[C@@H]42)[C@@H]3c2cc(OC)ccc2O)cc1. The lowest BCUT2D eigenvalue weighted by Gasteiger charge is -2.50. The molecule has 264 valence electrons. The average Bonchev–Trinajstić information content (AvgIpc) is 3.49. The van der Waals surface area contributed by atoms with Crippen LogP contribution in [0.4, 0.5) is 5.69 Å². The molecule has 2 saturated heterocycles. The zero-order valence-corrected chi connectivity index (χ0v) is 29.0. The summed E-state index contributed by atoms with van der Waals surface area (Å²) in [5, 5.41) is 22.3. The summed E-state index contributed by atoms with van der Waals surface area (Å²) >= 11 is 12.6. The molecule has 51 heavy (non-hydrogen) atoms. The first-order valence-electron chi connectivity index (χ1n) is 16.3. The lowest BCUT2D eigenvalue weighted by molar-refractivity contribution is -0.143. The summed E-state index contributed by atoms with van der Waals surface area (Å²) < 4.78 is 11.0. The van der Waals surface area contributed by atoms with Crippen LogP contribution in [0.25, 0.3) is 0 Å². The molecule has 0 unspecified atom stereocenters. The number of phenols is 1. The first kappa shape index (κ1) is 34.4. The maximum absolute atomic E-state index is 15.3. The summed E-state index contributed by atoms with van der Waals surface area (Å²) in [4.78, 5) is 70.1. The van der Waals surface area contributed by atoms with E-state index in [0.29, 0.717) is 27.7 Å². The molecule has 7 rings (SSSR count). The summed E-state index contributed by atoms with van der Waals surface area (Å²) in [7, 11) is 2.97. The Hall–Kier alpha value is -5.07. The van der Waals surface area contributed by atoms with Gasteiger partial charge in [0, 0.05) is 23.0 Å². The number of imide groups is 2. The van der Waals surface area contributed by atoms with Crippen molar-refractivity contribution in [3.05, 3.63) is 93.5 Å². The molecule has 4 amide bonds. The van der Waals surface area contributed by atoms with Gasteiger partial charge >= 0.3 is 5.97 Å². The highest BCUT2D eigenvalue weighted by atomic mass is 35.5. The van der Waals surface area contributed by atoms with E-state index in [1.807, 2.05) is 6.08 Å². The molecule has 0 radical (unpaired) electrons. The maximum Gasteiger partial charge on any atom is 0.305 e. The second-order valence-corrected chi connectivity index (χ2v) is 14.0. The average molecular weight is 735 g/mol. The number of carboxylic acids is 1. The fourth-order valence-corrected chi connectivity index (χ4v) is 9.02. The van der Waals surface area contributed by atoms with E-state index in [9.17, 15) is 29.4 Å². The van der Waals surface area contributed by atoms with Crippen LogP contribution in [0.2, 0.25) is 10.0 Å². The van der Waals surface area contributed by atoms with Crippen molar-refractivity contribution in [3.63, 3.8) is 0 Å². The molecule has 3 N–H and O–H groups in total. The highest BCUT2D eigenvalue weighted by Crippen LogP contribution is 2.65. The quantitative estimate of drug-likeness (QED) is 0.197. The number of nitrogens with one attached hydrogen (secondary N) is 1. The molecular weight excluding hydrogens is 701 g/mol. The minimum Gasteiger partial charge on any atom is -0.508 e. The number of halogens is 2. The van der Waals surface area contributed by atoms with Gasteiger partial charge in [0.15, 0.2) is 0 Å². The third kappa shape index (κ3) is 5.31. The van der Waals surface area contributed by atoms with Crippen molar-refractivity contribution < 1.29 is 43.7 Å². The van der Waals surface area contributed by atoms with Gasteiger partial charge in [-0.3, -0.25) is 34.3 Å².